The first-order valence-corrected chi connectivity index (χ1v) is 8.75. The van der Waals surface area contributed by atoms with Gasteiger partial charge in [-0.05, 0) is 24.6 Å². The molecule has 2 aromatic rings. The van der Waals surface area contributed by atoms with E-state index in [1.165, 1.54) is 0 Å². The van der Waals surface area contributed by atoms with Crippen LogP contribution in [0.4, 0.5) is 4.79 Å². The van der Waals surface area contributed by atoms with Crippen LogP contribution in [0.3, 0.4) is 0 Å². The average molecular weight is 373 g/mol. The largest absolute Gasteiger partial charge is 0.463 e. The summed E-state index contributed by atoms with van der Waals surface area (Å²) in [5.74, 6) is 0.516. The number of hydrogen-bond acceptors (Lipinski definition) is 6. The molecule has 1 aliphatic rings. The number of alkyl carbamates (subject to hydrolysis) is 1. The number of carbonyl (C=O) groups is 1. The Bertz CT molecular complexity index is 726. The Morgan fingerprint density at radius 1 is 1.04 bits per heavy atom. The van der Waals surface area contributed by atoms with Gasteiger partial charge in [0.1, 0.15) is 30.6 Å². The predicted octanol–water partition coefficient (Wildman–Crippen LogP) is 1.83. The molecule has 1 amide bonds. The Morgan fingerprint density at radius 2 is 1.67 bits per heavy atom. The van der Waals surface area contributed by atoms with Gasteiger partial charge in [-0.1, -0.05) is 48.5 Å². The molecule has 0 unspecified atom stereocenters. The third-order valence-corrected chi connectivity index (χ3v) is 4.33. The van der Waals surface area contributed by atoms with Gasteiger partial charge in [-0.2, -0.15) is 0 Å². The zero-order valence-electron chi connectivity index (χ0n) is 14.9. The van der Waals surface area contributed by atoms with E-state index < -0.39 is 36.7 Å². The molecule has 5 atom stereocenters. The van der Waals surface area contributed by atoms with Crippen molar-refractivity contribution in [2.45, 2.75) is 44.2 Å². The Hall–Kier alpha value is -2.61. The minimum atomic E-state index is -1.27. The van der Waals surface area contributed by atoms with Crippen molar-refractivity contribution in [3.8, 4) is 5.75 Å². The first-order valence-electron chi connectivity index (χ1n) is 8.75. The second kappa shape index (κ2) is 8.85. The van der Waals surface area contributed by atoms with Crippen molar-refractivity contribution in [2.75, 3.05) is 0 Å². The number of carbonyl (C=O) groups excluding carboxylic acids is 1. The first kappa shape index (κ1) is 19.2. The first-order chi connectivity index (χ1) is 13.0. The van der Waals surface area contributed by atoms with Gasteiger partial charge in [-0.25, -0.2) is 4.79 Å². The lowest BCUT2D eigenvalue weighted by molar-refractivity contribution is -0.231. The van der Waals surface area contributed by atoms with Crippen molar-refractivity contribution in [3.05, 3.63) is 66.2 Å². The van der Waals surface area contributed by atoms with Crippen molar-refractivity contribution in [3.63, 3.8) is 0 Å². The van der Waals surface area contributed by atoms with Crippen molar-refractivity contribution >= 4 is 6.09 Å². The summed E-state index contributed by atoms with van der Waals surface area (Å²) in [7, 11) is 0. The van der Waals surface area contributed by atoms with Crippen LogP contribution in [0, 0.1) is 0 Å². The highest BCUT2D eigenvalue weighted by molar-refractivity contribution is 5.67. The Labute approximate surface area is 157 Å². The van der Waals surface area contributed by atoms with E-state index in [2.05, 4.69) is 5.32 Å². The summed E-state index contributed by atoms with van der Waals surface area (Å²) in [4.78, 5) is 12.2. The van der Waals surface area contributed by atoms with Crippen molar-refractivity contribution in [2.24, 2.45) is 0 Å². The van der Waals surface area contributed by atoms with Gasteiger partial charge in [-0.3, -0.25) is 0 Å². The molecular formula is C20H23NO6. The molecule has 1 heterocycles. The minimum absolute atomic E-state index is 0.0828. The lowest BCUT2D eigenvalue weighted by Crippen LogP contribution is -2.64. The van der Waals surface area contributed by atoms with Crippen LogP contribution in [-0.2, 0) is 16.1 Å². The molecule has 7 heteroatoms. The SMILES string of the molecule is C[C@H]1O[C@H](Oc2ccccc2)[C@H](NC(=O)OCc2ccccc2)[C@@H](O)[C@@H]1O. The summed E-state index contributed by atoms with van der Waals surface area (Å²) in [6.45, 7) is 1.71. The smallest absolute Gasteiger partial charge is 0.408 e. The molecule has 0 saturated carbocycles. The zero-order valence-corrected chi connectivity index (χ0v) is 14.9. The third kappa shape index (κ3) is 4.97. The summed E-state index contributed by atoms with van der Waals surface area (Å²) in [6.07, 6.45) is -4.82. The lowest BCUT2D eigenvalue weighted by atomic mass is 9.98. The molecule has 1 saturated heterocycles. The van der Waals surface area contributed by atoms with E-state index in [-0.39, 0.29) is 6.61 Å². The zero-order chi connectivity index (χ0) is 19.2. The summed E-state index contributed by atoms with van der Waals surface area (Å²) in [6, 6.07) is 17.1. The summed E-state index contributed by atoms with van der Waals surface area (Å²) >= 11 is 0. The molecule has 1 fully saturated rings. The van der Waals surface area contributed by atoms with Gasteiger partial charge in [-0.15, -0.1) is 0 Å². The normalized spacial score (nSPS) is 27.6. The number of nitrogens with one attached hydrogen (secondary N) is 1. The fourth-order valence-corrected chi connectivity index (χ4v) is 2.82. The molecule has 3 rings (SSSR count). The Kier molecular flexibility index (Phi) is 6.28. The predicted molar refractivity (Wildman–Crippen MR) is 97.0 cm³/mol. The van der Waals surface area contributed by atoms with Gasteiger partial charge in [0.05, 0.1) is 6.10 Å². The summed E-state index contributed by atoms with van der Waals surface area (Å²) < 4.78 is 16.6. The van der Waals surface area contributed by atoms with E-state index in [1.54, 1.807) is 31.2 Å². The highest BCUT2D eigenvalue weighted by Gasteiger charge is 2.45. The number of aliphatic hydroxyl groups excluding tert-OH is 2. The van der Waals surface area contributed by atoms with E-state index in [0.29, 0.717) is 5.75 Å². The number of aliphatic hydroxyl groups is 2. The second-order valence-electron chi connectivity index (χ2n) is 6.35. The highest BCUT2D eigenvalue weighted by atomic mass is 16.7. The van der Waals surface area contributed by atoms with E-state index in [9.17, 15) is 15.0 Å². The molecule has 0 radical (unpaired) electrons. The van der Waals surface area contributed by atoms with E-state index in [4.69, 9.17) is 14.2 Å². The number of amides is 1. The second-order valence-corrected chi connectivity index (χ2v) is 6.35. The standard InChI is InChI=1S/C20H23NO6/c1-13-17(22)18(23)16(19(26-13)27-15-10-6-3-7-11-15)21-20(24)25-12-14-8-4-2-5-9-14/h2-11,13,16-19,22-23H,12H2,1H3,(H,21,24)/t13-,16-,17-,18-,19-/m1/s1. The van der Waals surface area contributed by atoms with Crippen LogP contribution in [0.5, 0.6) is 5.75 Å². The van der Waals surface area contributed by atoms with Crippen molar-refractivity contribution in [1.29, 1.82) is 0 Å². The number of para-hydroxylation sites is 1. The summed E-state index contributed by atoms with van der Waals surface area (Å²) in [5, 5.41) is 23.0. The molecule has 0 spiro atoms. The number of hydrogen-bond donors (Lipinski definition) is 3. The van der Waals surface area contributed by atoms with Crippen LogP contribution in [0.25, 0.3) is 0 Å². The maximum atomic E-state index is 12.2. The molecule has 144 valence electrons. The molecule has 0 aliphatic carbocycles. The molecule has 27 heavy (non-hydrogen) atoms. The Morgan fingerprint density at radius 3 is 2.33 bits per heavy atom. The molecule has 0 bridgehead atoms. The van der Waals surface area contributed by atoms with Gasteiger partial charge in [0.25, 0.3) is 0 Å². The maximum Gasteiger partial charge on any atom is 0.408 e. The molecular weight excluding hydrogens is 350 g/mol. The van der Waals surface area contributed by atoms with Gasteiger partial charge in [0, 0.05) is 0 Å². The molecule has 2 aromatic carbocycles. The van der Waals surface area contributed by atoms with Gasteiger partial charge in [0.15, 0.2) is 0 Å². The van der Waals surface area contributed by atoms with E-state index >= 15 is 0 Å². The number of benzene rings is 2. The third-order valence-electron chi connectivity index (χ3n) is 4.33. The lowest BCUT2D eigenvalue weighted by Gasteiger charge is -2.41. The van der Waals surface area contributed by atoms with Crippen LogP contribution in [0.1, 0.15) is 12.5 Å². The number of rotatable bonds is 5. The topological polar surface area (TPSA) is 97.3 Å². The van der Waals surface area contributed by atoms with Crippen LogP contribution < -0.4 is 10.1 Å². The molecule has 0 aromatic heterocycles. The number of ether oxygens (including phenoxy) is 3. The molecule has 7 nitrogen and oxygen atoms in total. The minimum Gasteiger partial charge on any atom is -0.463 e. The average Bonchev–Trinajstić information content (AvgIpc) is 2.69. The fourth-order valence-electron chi connectivity index (χ4n) is 2.82. The van der Waals surface area contributed by atoms with Gasteiger partial charge in [0.2, 0.25) is 6.29 Å². The maximum absolute atomic E-state index is 12.2. The fraction of sp³-hybridized carbons (Fsp3) is 0.350. The molecule has 1 aliphatic heterocycles. The van der Waals surface area contributed by atoms with Crippen LogP contribution in [-0.4, -0.2) is 47.0 Å². The van der Waals surface area contributed by atoms with Crippen LogP contribution >= 0.6 is 0 Å². The van der Waals surface area contributed by atoms with Crippen LogP contribution in [0.2, 0.25) is 0 Å². The van der Waals surface area contributed by atoms with Crippen molar-refractivity contribution in [1.82, 2.24) is 5.32 Å². The quantitative estimate of drug-likeness (QED) is 0.740. The van der Waals surface area contributed by atoms with Gasteiger partial charge >= 0.3 is 6.09 Å². The Balaban J connectivity index is 1.65. The van der Waals surface area contributed by atoms with E-state index in [0.717, 1.165) is 5.56 Å². The van der Waals surface area contributed by atoms with E-state index in [1.807, 2.05) is 36.4 Å². The summed E-state index contributed by atoms with van der Waals surface area (Å²) in [5.41, 5.74) is 0.832. The van der Waals surface area contributed by atoms with Crippen LogP contribution in [0.15, 0.2) is 60.7 Å². The van der Waals surface area contributed by atoms with Gasteiger partial charge < -0.3 is 29.7 Å². The monoisotopic (exact) mass is 373 g/mol. The molecule has 3 N–H and O–H groups in total. The highest BCUT2D eigenvalue weighted by Crippen LogP contribution is 2.24. The van der Waals surface area contributed by atoms with Crippen molar-refractivity contribution < 1.29 is 29.2 Å².